The lowest BCUT2D eigenvalue weighted by Gasteiger charge is -2.13. The van der Waals surface area contributed by atoms with Gasteiger partial charge in [0, 0.05) is 25.6 Å². The summed E-state index contributed by atoms with van der Waals surface area (Å²) in [5, 5.41) is 2.81. The summed E-state index contributed by atoms with van der Waals surface area (Å²) >= 11 is 0. The van der Waals surface area contributed by atoms with Crippen LogP contribution in [0.4, 0.5) is 0 Å². The maximum atomic E-state index is 11.7. The van der Waals surface area contributed by atoms with Crippen LogP contribution in [0.3, 0.4) is 0 Å². The molecule has 0 aliphatic heterocycles. The molecule has 5 nitrogen and oxygen atoms in total. The number of benzene rings is 1. The molecule has 0 aromatic heterocycles. The second-order valence-electron chi connectivity index (χ2n) is 4.99. The van der Waals surface area contributed by atoms with Gasteiger partial charge in [-0.1, -0.05) is 30.3 Å². The van der Waals surface area contributed by atoms with Gasteiger partial charge >= 0.3 is 0 Å². The third-order valence-corrected chi connectivity index (χ3v) is 2.88. The molecule has 20 heavy (non-hydrogen) atoms. The van der Waals surface area contributed by atoms with E-state index in [2.05, 4.69) is 10.2 Å². The Labute approximate surface area is 121 Å². The van der Waals surface area contributed by atoms with Crippen LogP contribution in [-0.2, 0) is 9.53 Å². The van der Waals surface area contributed by atoms with E-state index in [0.717, 1.165) is 12.1 Å². The Morgan fingerprint density at radius 2 is 2.00 bits per heavy atom. The van der Waals surface area contributed by atoms with Crippen molar-refractivity contribution >= 4 is 5.91 Å². The Balaban J connectivity index is 2.11. The van der Waals surface area contributed by atoms with Gasteiger partial charge in [0.25, 0.3) is 0 Å². The van der Waals surface area contributed by atoms with Crippen LogP contribution in [-0.4, -0.2) is 51.2 Å². The van der Waals surface area contributed by atoms with E-state index in [1.165, 1.54) is 0 Å². The fourth-order valence-electron chi connectivity index (χ4n) is 1.70. The first kappa shape index (κ1) is 16.6. The quantitative estimate of drug-likeness (QED) is 0.655. The van der Waals surface area contributed by atoms with Crippen molar-refractivity contribution in [2.45, 2.75) is 12.5 Å². The maximum absolute atomic E-state index is 11.7. The predicted molar refractivity (Wildman–Crippen MR) is 80.4 cm³/mol. The molecular formula is C15H25N3O2. The van der Waals surface area contributed by atoms with E-state index in [9.17, 15) is 4.79 Å². The van der Waals surface area contributed by atoms with Gasteiger partial charge in [0.1, 0.15) is 0 Å². The monoisotopic (exact) mass is 279 g/mol. The normalized spacial score (nSPS) is 12.4. The van der Waals surface area contributed by atoms with Crippen LogP contribution in [0.5, 0.6) is 0 Å². The summed E-state index contributed by atoms with van der Waals surface area (Å²) in [6.45, 7) is 2.60. The summed E-state index contributed by atoms with van der Waals surface area (Å²) in [6, 6.07) is 9.38. The largest absolute Gasteiger partial charge is 0.378 e. The number of ether oxygens (including phenoxy) is 1. The Kier molecular flexibility index (Phi) is 7.87. The van der Waals surface area contributed by atoms with E-state index >= 15 is 0 Å². The van der Waals surface area contributed by atoms with Gasteiger partial charge in [-0.2, -0.15) is 0 Å². The SMILES string of the molecule is CN(C)CCOCCNC(=O)CC(N)c1ccccc1. The molecule has 1 unspecified atom stereocenters. The van der Waals surface area contributed by atoms with Crippen molar-refractivity contribution in [3.05, 3.63) is 35.9 Å². The van der Waals surface area contributed by atoms with Crippen molar-refractivity contribution in [2.24, 2.45) is 5.73 Å². The third-order valence-electron chi connectivity index (χ3n) is 2.88. The van der Waals surface area contributed by atoms with Crippen LogP contribution in [0.2, 0.25) is 0 Å². The minimum Gasteiger partial charge on any atom is -0.378 e. The first-order chi connectivity index (χ1) is 9.59. The first-order valence-electron chi connectivity index (χ1n) is 6.89. The number of hydrogen-bond acceptors (Lipinski definition) is 4. The average Bonchev–Trinajstić information content (AvgIpc) is 2.43. The molecule has 1 amide bonds. The summed E-state index contributed by atoms with van der Waals surface area (Å²) in [5.41, 5.74) is 6.96. The van der Waals surface area contributed by atoms with Crippen LogP contribution in [0.1, 0.15) is 18.0 Å². The van der Waals surface area contributed by atoms with Gasteiger partial charge in [0.2, 0.25) is 5.91 Å². The highest BCUT2D eigenvalue weighted by Gasteiger charge is 2.10. The van der Waals surface area contributed by atoms with E-state index in [1.807, 2.05) is 44.4 Å². The zero-order valence-corrected chi connectivity index (χ0v) is 12.3. The first-order valence-corrected chi connectivity index (χ1v) is 6.89. The fraction of sp³-hybridized carbons (Fsp3) is 0.533. The molecule has 0 saturated heterocycles. The second-order valence-corrected chi connectivity index (χ2v) is 4.99. The van der Waals surface area contributed by atoms with E-state index in [1.54, 1.807) is 0 Å². The Hall–Kier alpha value is -1.43. The molecule has 1 atom stereocenters. The summed E-state index contributed by atoms with van der Waals surface area (Å²) in [5.74, 6) is -0.0439. The molecule has 0 fully saturated rings. The molecule has 0 aliphatic rings. The van der Waals surface area contributed by atoms with Crippen molar-refractivity contribution in [1.29, 1.82) is 0 Å². The smallest absolute Gasteiger partial charge is 0.221 e. The van der Waals surface area contributed by atoms with Gasteiger partial charge in [0.05, 0.1) is 13.2 Å². The molecule has 1 aromatic rings. The van der Waals surface area contributed by atoms with Gasteiger partial charge in [-0.05, 0) is 19.7 Å². The molecule has 112 valence electrons. The molecule has 1 rings (SSSR count). The number of nitrogens with two attached hydrogens (primary N) is 1. The summed E-state index contributed by atoms with van der Waals surface area (Å²) < 4.78 is 5.40. The lowest BCUT2D eigenvalue weighted by molar-refractivity contribution is -0.121. The van der Waals surface area contributed by atoms with Crippen LogP contribution < -0.4 is 11.1 Å². The fourth-order valence-corrected chi connectivity index (χ4v) is 1.70. The Morgan fingerprint density at radius 1 is 1.30 bits per heavy atom. The molecule has 0 aliphatic carbocycles. The lowest BCUT2D eigenvalue weighted by atomic mass is 10.0. The van der Waals surface area contributed by atoms with Crippen molar-refractivity contribution < 1.29 is 9.53 Å². The minimum atomic E-state index is -0.258. The van der Waals surface area contributed by atoms with Gasteiger partial charge in [0.15, 0.2) is 0 Å². The Morgan fingerprint density at radius 3 is 2.65 bits per heavy atom. The van der Waals surface area contributed by atoms with Crippen molar-refractivity contribution in [2.75, 3.05) is 40.4 Å². The summed E-state index contributed by atoms with van der Waals surface area (Å²) in [7, 11) is 3.99. The third kappa shape index (κ3) is 7.23. The average molecular weight is 279 g/mol. The number of nitrogens with zero attached hydrogens (tertiary/aromatic N) is 1. The molecule has 1 aromatic carbocycles. The van der Waals surface area contributed by atoms with E-state index in [0.29, 0.717) is 26.2 Å². The molecule has 0 bridgehead atoms. The van der Waals surface area contributed by atoms with E-state index in [4.69, 9.17) is 10.5 Å². The van der Waals surface area contributed by atoms with Crippen molar-refractivity contribution in [3.8, 4) is 0 Å². The minimum absolute atomic E-state index is 0.0439. The van der Waals surface area contributed by atoms with Gasteiger partial charge in [-0.3, -0.25) is 4.79 Å². The highest BCUT2D eigenvalue weighted by Crippen LogP contribution is 2.12. The number of hydrogen-bond donors (Lipinski definition) is 2. The zero-order valence-electron chi connectivity index (χ0n) is 12.3. The molecular weight excluding hydrogens is 254 g/mol. The molecule has 0 spiro atoms. The number of amides is 1. The van der Waals surface area contributed by atoms with Crippen LogP contribution in [0.25, 0.3) is 0 Å². The van der Waals surface area contributed by atoms with Crippen LogP contribution in [0.15, 0.2) is 30.3 Å². The van der Waals surface area contributed by atoms with E-state index in [-0.39, 0.29) is 11.9 Å². The molecule has 0 saturated carbocycles. The van der Waals surface area contributed by atoms with Crippen molar-refractivity contribution in [3.63, 3.8) is 0 Å². The topological polar surface area (TPSA) is 67.6 Å². The number of rotatable bonds is 9. The van der Waals surface area contributed by atoms with Gasteiger partial charge in [-0.25, -0.2) is 0 Å². The highest BCUT2D eigenvalue weighted by atomic mass is 16.5. The van der Waals surface area contributed by atoms with Crippen LogP contribution >= 0.6 is 0 Å². The number of nitrogens with one attached hydrogen (secondary N) is 1. The lowest BCUT2D eigenvalue weighted by Crippen LogP contribution is -2.30. The Bertz CT molecular complexity index is 382. The molecule has 0 heterocycles. The summed E-state index contributed by atoms with van der Waals surface area (Å²) in [6.07, 6.45) is 0.293. The standard InChI is InChI=1S/C15H25N3O2/c1-18(2)9-11-20-10-8-17-15(19)12-14(16)13-6-4-3-5-7-13/h3-7,14H,8-12,16H2,1-2H3,(H,17,19). The maximum Gasteiger partial charge on any atom is 0.221 e. The number of carbonyl (C=O) groups is 1. The highest BCUT2D eigenvalue weighted by molar-refractivity contribution is 5.76. The molecule has 3 N–H and O–H groups in total. The molecule has 5 heteroatoms. The zero-order chi connectivity index (χ0) is 14.8. The van der Waals surface area contributed by atoms with Gasteiger partial charge in [-0.15, -0.1) is 0 Å². The summed E-state index contributed by atoms with van der Waals surface area (Å²) in [4.78, 5) is 13.8. The van der Waals surface area contributed by atoms with Crippen LogP contribution in [0, 0.1) is 0 Å². The van der Waals surface area contributed by atoms with Gasteiger partial charge < -0.3 is 20.7 Å². The number of likely N-dealkylation sites (N-methyl/N-ethyl adjacent to an activating group) is 1. The van der Waals surface area contributed by atoms with Crippen molar-refractivity contribution in [1.82, 2.24) is 10.2 Å². The second kappa shape index (κ2) is 9.47. The molecule has 0 radical (unpaired) electrons. The predicted octanol–water partition coefficient (Wildman–Crippen LogP) is 0.771. The van der Waals surface area contributed by atoms with E-state index < -0.39 is 0 Å². The number of carbonyl (C=O) groups excluding carboxylic acids is 1.